The summed E-state index contributed by atoms with van der Waals surface area (Å²) < 4.78 is 0. The lowest BCUT2D eigenvalue weighted by Gasteiger charge is -2.29. The van der Waals surface area contributed by atoms with Gasteiger partial charge in [0.2, 0.25) is 29.5 Å². The Bertz CT molecular complexity index is 2490. The van der Waals surface area contributed by atoms with Gasteiger partial charge >= 0.3 is 5.97 Å². The fourth-order valence-corrected chi connectivity index (χ4v) is 7.68. The van der Waals surface area contributed by atoms with Gasteiger partial charge in [0.1, 0.15) is 30.2 Å². The van der Waals surface area contributed by atoms with Crippen LogP contribution in [0.2, 0.25) is 0 Å². The molecule has 7 atom stereocenters. The molecule has 0 aliphatic carbocycles. The predicted molar refractivity (Wildman–Crippen MR) is 268 cm³/mol. The average molecular weight is 972 g/mol. The second kappa shape index (κ2) is 27.2. The maximum atomic E-state index is 14.9. The molecule has 0 aliphatic heterocycles. The van der Waals surface area contributed by atoms with Crippen LogP contribution in [-0.4, -0.2) is 124 Å². The van der Waals surface area contributed by atoms with Crippen LogP contribution >= 0.6 is 0 Å². The SMILES string of the molecule is CCC(C)C(NC(=O)C(Cc1c[nH]c2ccccc12)NC(=O)C(Cc1c[nH]c2ccccc12)NC(=O)C(CCCN=C(N)N)NC(=O)C(N)CCCN=C(N)N)C(=O)NC(CCCN=C(N)N)C(=O)O. The Balaban J connectivity index is 1.69. The third-order valence-corrected chi connectivity index (χ3v) is 11.7. The fraction of sp³-hybridized carbons (Fsp3) is 0.457. The minimum Gasteiger partial charge on any atom is -0.480 e. The smallest absolute Gasteiger partial charge is 0.326 e. The first-order chi connectivity index (χ1) is 33.4. The molecule has 2 aromatic carbocycles. The highest BCUT2D eigenvalue weighted by molar-refractivity contribution is 5.97. The van der Waals surface area contributed by atoms with Crippen molar-refractivity contribution in [2.75, 3.05) is 19.6 Å². The fourth-order valence-electron chi connectivity index (χ4n) is 7.68. The number of hydrogen-bond donors (Lipinski definition) is 15. The second-order valence-corrected chi connectivity index (χ2v) is 17.0. The van der Waals surface area contributed by atoms with Gasteiger partial charge in [0.25, 0.3) is 0 Å². The van der Waals surface area contributed by atoms with Gasteiger partial charge in [-0.15, -0.1) is 0 Å². The molecular formula is C46H69N17O7. The quantitative estimate of drug-likeness (QED) is 0.0167. The zero-order chi connectivity index (χ0) is 51.3. The Labute approximate surface area is 405 Å². The van der Waals surface area contributed by atoms with Gasteiger partial charge in [-0.05, 0) is 67.7 Å². The molecule has 0 aliphatic rings. The lowest BCUT2D eigenvalue weighted by molar-refractivity contribution is -0.143. The van der Waals surface area contributed by atoms with Gasteiger partial charge < -0.3 is 81.8 Å². The van der Waals surface area contributed by atoms with Crippen molar-refractivity contribution >= 4 is 75.2 Å². The molecule has 2 heterocycles. The molecule has 0 fully saturated rings. The van der Waals surface area contributed by atoms with Gasteiger partial charge in [0.05, 0.1) is 6.04 Å². The number of carbonyl (C=O) groups is 6. The molecule has 24 heteroatoms. The van der Waals surface area contributed by atoms with Crippen LogP contribution in [0.3, 0.4) is 0 Å². The van der Waals surface area contributed by atoms with Crippen molar-refractivity contribution in [1.29, 1.82) is 0 Å². The first-order valence-corrected chi connectivity index (χ1v) is 23.1. The van der Waals surface area contributed by atoms with Crippen LogP contribution in [-0.2, 0) is 41.6 Å². The van der Waals surface area contributed by atoms with Gasteiger partial charge in [-0.1, -0.05) is 56.7 Å². The zero-order valence-corrected chi connectivity index (χ0v) is 39.6. The number of fused-ring (bicyclic) bond motifs is 2. The number of benzene rings is 2. The molecule has 22 N–H and O–H groups in total. The third kappa shape index (κ3) is 17.0. The maximum Gasteiger partial charge on any atom is 0.326 e. The Kier molecular flexibility index (Phi) is 21.3. The Hall–Kier alpha value is -7.89. The van der Waals surface area contributed by atoms with Gasteiger partial charge in [-0.2, -0.15) is 0 Å². The minimum absolute atomic E-state index is 0.00385. The molecule has 4 aromatic rings. The summed E-state index contributed by atoms with van der Waals surface area (Å²) in [6.45, 7) is 4.03. The van der Waals surface area contributed by atoms with Crippen LogP contribution in [0.4, 0.5) is 0 Å². The van der Waals surface area contributed by atoms with Crippen LogP contribution in [0.15, 0.2) is 75.9 Å². The molecule has 380 valence electrons. The maximum absolute atomic E-state index is 14.9. The number of rotatable bonds is 29. The zero-order valence-electron chi connectivity index (χ0n) is 39.6. The van der Waals surface area contributed by atoms with Crippen molar-refractivity contribution in [2.24, 2.45) is 61.0 Å². The van der Waals surface area contributed by atoms with E-state index in [9.17, 15) is 33.9 Å². The van der Waals surface area contributed by atoms with Gasteiger partial charge in [0.15, 0.2) is 17.9 Å². The number of carboxylic acid groups (broad SMARTS) is 1. The molecule has 0 bridgehead atoms. The van der Waals surface area contributed by atoms with Crippen LogP contribution in [0.5, 0.6) is 0 Å². The van der Waals surface area contributed by atoms with E-state index < -0.39 is 77.7 Å². The number of carboxylic acids is 1. The van der Waals surface area contributed by atoms with Crippen molar-refractivity contribution in [2.45, 2.75) is 108 Å². The number of aliphatic imine (C=N–C) groups is 3. The number of H-pyrrole nitrogens is 2. The van der Waals surface area contributed by atoms with Gasteiger partial charge in [0, 0.05) is 66.7 Å². The van der Waals surface area contributed by atoms with Gasteiger partial charge in [-0.3, -0.25) is 38.9 Å². The van der Waals surface area contributed by atoms with Gasteiger partial charge in [-0.25, -0.2) is 4.79 Å². The average Bonchev–Trinajstić information content (AvgIpc) is 3.93. The topological polar surface area (TPSA) is 434 Å². The van der Waals surface area contributed by atoms with E-state index in [4.69, 9.17) is 40.1 Å². The molecule has 4 rings (SSSR count). The van der Waals surface area contributed by atoms with Crippen LogP contribution in [0, 0.1) is 5.92 Å². The first-order valence-electron chi connectivity index (χ1n) is 23.1. The largest absolute Gasteiger partial charge is 0.480 e. The first kappa shape index (κ1) is 54.7. The number of para-hydroxylation sites is 2. The molecule has 70 heavy (non-hydrogen) atoms. The summed E-state index contributed by atoms with van der Waals surface area (Å²) in [5.74, 6) is -5.86. The number of aromatic amines is 2. The summed E-state index contributed by atoms with van der Waals surface area (Å²) in [5, 5.41) is 25.3. The van der Waals surface area contributed by atoms with Crippen molar-refractivity contribution in [1.82, 2.24) is 36.6 Å². The number of nitrogens with two attached hydrogens (primary N) is 7. The summed E-state index contributed by atoms with van der Waals surface area (Å²) in [6.07, 6.45) is 4.78. The molecule has 24 nitrogen and oxygen atoms in total. The van der Waals surface area contributed by atoms with Crippen molar-refractivity contribution in [3.05, 3.63) is 72.1 Å². The van der Waals surface area contributed by atoms with Crippen LogP contribution < -0.4 is 66.7 Å². The van der Waals surface area contributed by atoms with E-state index in [0.29, 0.717) is 24.0 Å². The third-order valence-electron chi connectivity index (χ3n) is 11.7. The highest BCUT2D eigenvalue weighted by Crippen LogP contribution is 2.22. The number of carbonyl (C=O) groups excluding carboxylic acids is 5. The van der Waals surface area contributed by atoms with E-state index in [1.54, 1.807) is 19.3 Å². The minimum atomic E-state index is -1.35. The molecular weight excluding hydrogens is 903 g/mol. The molecule has 0 spiro atoms. The van der Waals surface area contributed by atoms with Crippen molar-refractivity contribution in [3.63, 3.8) is 0 Å². The molecule has 2 aromatic heterocycles. The number of aliphatic carboxylic acids is 1. The molecule has 0 saturated heterocycles. The standard InChI is InChI=1S/C46H69N17O7/c1-3-25(2)37(42(68)60-34(43(69)70)17-10-20-56-46(52)53)63-41(67)36(22-27-24-58-32-15-7-5-12-29(27)32)62-40(66)35(21-26-23-57-31-14-6-4-11-28(26)31)61-39(65)33(16-9-19-55-45(50)51)59-38(64)30(47)13-8-18-54-44(48)49/h4-7,11-12,14-15,23-25,30,33-37,57-58H,3,8-10,13,16-22,47H2,1-2H3,(H,59,64)(H,60,68)(H,61,65)(H,62,66)(H,63,67)(H,69,70)(H4,48,49,54)(H4,50,51,55)(H4,52,53,56). The highest BCUT2D eigenvalue weighted by atomic mass is 16.4. The normalized spacial score (nSPS) is 14.1. The Morgan fingerprint density at radius 3 is 1.41 bits per heavy atom. The number of aromatic nitrogens is 2. The van der Waals surface area contributed by atoms with E-state index >= 15 is 0 Å². The summed E-state index contributed by atoms with van der Waals surface area (Å²) in [5.41, 5.74) is 41.8. The molecule has 5 amide bonds. The number of amides is 5. The predicted octanol–water partition coefficient (Wildman–Crippen LogP) is -1.52. The lowest BCUT2D eigenvalue weighted by Crippen LogP contribution is -2.60. The summed E-state index contributed by atoms with van der Waals surface area (Å²) in [6, 6.07) is 7.23. The summed E-state index contributed by atoms with van der Waals surface area (Å²) >= 11 is 0. The number of nitrogens with zero attached hydrogens (tertiary/aromatic N) is 3. The number of nitrogens with one attached hydrogen (secondary N) is 7. The lowest BCUT2D eigenvalue weighted by atomic mass is 9.96. The number of hydrogen-bond acceptors (Lipinski definition) is 10. The Morgan fingerprint density at radius 2 is 0.957 bits per heavy atom. The Morgan fingerprint density at radius 1 is 0.557 bits per heavy atom. The number of guanidine groups is 3. The monoisotopic (exact) mass is 972 g/mol. The molecule has 7 unspecified atom stereocenters. The molecule has 0 saturated carbocycles. The van der Waals surface area contributed by atoms with E-state index in [-0.39, 0.29) is 82.5 Å². The van der Waals surface area contributed by atoms with Crippen LogP contribution in [0.1, 0.15) is 69.9 Å². The van der Waals surface area contributed by atoms with Crippen LogP contribution in [0.25, 0.3) is 21.8 Å². The highest BCUT2D eigenvalue weighted by Gasteiger charge is 2.35. The summed E-state index contributed by atoms with van der Waals surface area (Å²) in [4.78, 5) is 102. The van der Waals surface area contributed by atoms with E-state index in [0.717, 1.165) is 21.8 Å². The van der Waals surface area contributed by atoms with E-state index in [1.807, 2.05) is 55.5 Å². The molecule has 0 radical (unpaired) electrons. The van der Waals surface area contributed by atoms with Crippen molar-refractivity contribution in [3.8, 4) is 0 Å². The summed E-state index contributed by atoms with van der Waals surface area (Å²) in [7, 11) is 0. The second-order valence-electron chi connectivity index (χ2n) is 17.0. The van der Waals surface area contributed by atoms with E-state index in [2.05, 4.69) is 51.5 Å². The van der Waals surface area contributed by atoms with E-state index in [1.165, 1.54) is 0 Å². The van der Waals surface area contributed by atoms with Crippen molar-refractivity contribution < 1.29 is 33.9 Å².